The van der Waals surface area contributed by atoms with Gasteiger partial charge < -0.3 is 15.8 Å². The van der Waals surface area contributed by atoms with Crippen LogP contribution in [0.1, 0.15) is 13.3 Å². The highest BCUT2D eigenvalue weighted by Gasteiger charge is 1.96. The second-order valence-electron chi connectivity index (χ2n) is 4.11. The van der Waals surface area contributed by atoms with E-state index in [0.29, 0.717) is 12.6 Å². The van der Waals surface area contributed by atoms with Crippen LogP contribution in [-0.4, -0.2) is 37.2 Å². The summed E-state index contributed by atoms with van der Waals surface area (Å²) in [6.07, 6.45) is 1.02. The second kappa shape index (κ2) is 13.5. The van der Waals surface area contributed by atoms with Crippen molar-refractivity contribution < 1.29 is 4.74 Å². The van der Waals surface area contributed by atoms with Crippen LogP contribution in [0.2, 0.25) is 0 Å². The van der Waals surface area contributed by atoms with Gasteiger partial charge in [0.05, 0.1) is 6.61 Å². The maximum absolute atomic E-state index is 5.69. The van der Waals surface area contributed by atoms with Gasteiger partial charge in [-0.3, -0.25) is 4.99 Å². The van der Waals surface area contributed by atoms with E-state index < -0.39 is 0 Å². The molecule has 0 radical (unpaired) electrons. The van der Waals surface area contributed by atoms with Crippen LogP contribution >= 0.6 is 51.7 Å². The number of benzene rings is 1. The largest absolute Gasteiger partial charge is 0.493 e. The first-order valence-electron chi connectivity index (χ1n) is 6.72. The first kappa shape index (κ1) is 20.9. The van der Waals surface area contributed by atoms with Crippen molar-refractivity contribution in [2.24, 2.45) is 10.7 Å². The smallest absolute Gasteiger partial charge is 0.188 e. The fraction of sp³-hybridized carbons (Fsp3) is 0.500. The molecule has 0 aliphatic carbocycles. The van der Waals surface area contributed by atoms with Gasteiger partial charge in [-0.15, -0.1) is 24.0 Å². The highest BCUT2D eigenvalue weighted by atomic mass is 127. The molecule has 120 valence electrons. The molecule has 0 saturated heterocycles. The Morgan fingerprint density at radius 3 is 2.95 bits per heavy atom. The Labute approximate surface area is 156 Å². The van der Waals surface area contributed by atoms with Crippen molar-refractivity contribution in [1.29, 1.82) is 0 Å². The Morgan fingerprint density at radius 1 is 1.43 bits per heavy atom. The number of rotatable bonds is 9. The number of thioether (sulfide) groups is 1. The lowest BCUT2D eigenvalue weighted by Crippen LogP contribution is -2.33. The van der Waals surface area contributed by atoms with Crippen LogP contribution in [0.5, 0.6) is 5.75 Å². The Bertz CT molecular complexity index is 421. The fourth-order valence-electron chi connectivity index (χ4n) is 1.42. The Morgan fingerprint density at radius 2 is 2.24 bits per heavy atom. The summed E-state index contributed by atoms with van der Waals surface area (Å²) in [7, 11) is 0. The molecule has 0 atom stereocenters. The van der Waals surface area contributed by atoms with E-state index >= 15 is 0 Å². The lowest BCUT2D eigenvalue weighted by atomic mass is 10.3. The number of aliphatic imine (C=N–C) groups is 1. The molecule has 0 aromatic heterocycles. The van der Waals surface area contributed by atoms with Crippen molar-refractivity contribution >= 4 is 57.6 Å². The number of nitrogens with two attached hydrogens (primary N) is 1. The summed E-state index contributed by atoms with van der Waals surface area (Å²) >= 11 is 5.25. The number of hydrogen-bond acceptors (Lipinski definition) is 3. The van der Waals surface area contributed by atoms with E-state index in [9.17, 15) is 0 Å². The normalized spacial score (nSPS) is 10.9. The molecule has 3 N–H and O–H groups in total. The average molecular weight is 488 g/mol. The second-order valence-corrected chi connectivity index (χ2v) is 6.25. The summed E-state index contributed by atoms with van der Waals surface area (Å²) in [6, 6.07) is 7.88. The number of guanidine groups is 1. The lowest BCUT2D eigenvalue weighted by molar-refractivity contribution is 0.344. The molecule has 0 spiro atoms. The van der Waals surface area contributed by atoms with Gasteiger partial charge in [0, 0.05) is 29.1 Å². The molecule has 0 aliphatic rings. The zero-order valence-corrected chi connectivity index (χ0v) is 16.9. The summed E-state index contributed by atoms with van der Waals surface area (Å²) in [5.41, 5.74) is 5.69. The zero-order valence-electron chi connectivity index (χ0n) is 12.2. The third kappa shape index (κ3) is 11.1. The van der Waals surface area contributed by atoms with E-state index in [1.54, 1.807) is 0 Å². The summed E-state index contributed by atoms with van der Waals surface area (Å²) < 4.78 is 6.68. The van der Waals surface area contributed by atoms with Crippen molar-refractivity contribution in [3.05, 3.63) is 28.7 Å². The van der Waals surface area contributed by atoms with Crippen LogP contribution in [0.25, 0.3) is 0 Å². The van der Waals surface area contributed by atoms with E-state index in [0.717, 1.165) is 41.2 Å². The molecule has 4 nitrogen and oxygen atoms in total. The maximum atomic E-state index is 5.69. The van der Waals surface area contributed by atoms with Crippen molar-refractivity contribution in [2.45, 2.75) is 13.3 Å². The highest BCUT2D eigenvalue weighted by molar-refractivity contribution is 14.0. The monoisotopic (exact) mass is 487 g/mol. The number of nitrogens with one attached hydrogen (secondary N) is 1. The number of hydrogen-bond donors (Lipinski definition) is 2. The first-order chi connectivity index (χ1) is 9.72. The summed E-state index contributed by atoms with van der Waals surface area (Å²) in [5.74, 6) is 3.39. The van der Waals surface area contributed by atoms with Gasteiger partial charge in [-0.1, -0.05) is 28.9 Å². The lowest BCUT2D eigenvalue weighted by Gasteiger charge is -2.07. The van der Waals surface area contributed by atoms with E-state index in [4.69, 9.17) is 10.5 Å². The number of ether oxygens (including phenoxy) is 1. The van der Waals surface area contributed by atoms with Crippen molar-refractivity contribution in [2.75, 3.05) is 31.2 Å². The molecule has 0 heterocycles. The Kier molecular flexibility index (Phi) is 13.4. The van der Waals surface area contributed by atoms with Crippen LogP contribution in [0.4, 0.5) is 0 Å². The minimum Gasteiger partial charge on any atom is -0.493 e. The van der Waals surface area contributed by atoms with E-state index in [2.05, 4.69) is 33.2 Å². The number of halogens is 2. The molecule has 1 aromatic carbocycles. The summed E-state index contributed by atoms with van der Waals surface area (Å²) in [6.45, 7) is 4.41. The quantitative estimate of drug-likeness (QED) is 0.242. The molecular formula is C14H23BrIN3OS. The molecule has 0 aliphatic heterocycles. The molecule has 7 heteroatoms. The maximum Gasteiger partial charge on any atom is 0.188 e. The standard InChI is InChI=1S/C14H22BrN3OS.HI/c1-2-6-17-14(16)18-7-9-20-10-8-19-13-5-3-4-12(15)11-13;/h3-5,11H,2,6-10H2,1H3,(H3,16,17,18);1H. The van der Waals surface area contributed by atoms with Gasteiger partial charge in [0.25, 0.3) is 0 Å². The van der Waals surface area contributed by atoms with Crippen molar-refractivity contribution in [3.63, 3.8) is 0 Å². The highest BCUT2D eigenvalue weighted by Crippen LogP contribution is 2.17. The average Bonchev–Trinajstić information content (AvgIpc) is 2.44. The van der Waals surface area contributed by atoms with Gasteiger partial charge in [0.15, 0.2) is 5.96 Å². The molecule has 0 fully saturated rings. The molecule has 0 saturated carbocycles. The van der Waals surface area contributed by atoms with Crippen LogP contribution in [0.15, 0.2) is 33.7 Å². The summed E-state index contributed by atoms with van der Waals surface area (Å²) in [4.78, 5) is 4.17. The first-order valence-corrected chi connectivity index (χ1v) is 8.67. The predicted molar refractivity (Wildman–Crippen MR) is 107 cm³/mol. The van der Waals surface area contributed by atoms with E-state index in [1.165, 1.54) is 0 Å². The Hall–Kier alpha value is -0.150. The molecule has 0 unspecified atom stereocenters. The van der Waals surface area contributed by atoms with E-state index in [-0.39, 0.29) is 24.0 Å². The molecule has 1 rings (SSSR count). The van der Waals surface area contributed by atoms with Crippen LogP contribution in [0.3, 0.4) is 0 Å². The van der Waals surface area contributed by atoms with Gasteiger partial charge in [-0.25, -0.2) is 0 Å². The van der Waals surface area contributed by atoms with Crippen molar-refractivity contribution in [1.82, 2.24) is 5.32 Å². The minimum absolute atomic E-state index is 0. The van der Waals surface area contributed by atoms with Crippen LogP contribution in [-0.2, 0) is 0 Å². The zero-order chi connectivity index (χ0) is 14.6. The summed E-state index contributed by atoms with van der Waals surface area (Å²) in [5, 5.41) is 3.09. The van der Waals surface area contributed by atoms with Crippen LogP contribution in [0, 0.1) is 0 Å². The van der Waals surface area contributed by atoms with Gasteiger partial charge in [-0.2, -0.15) is 11.8 Å². The van der Waals surface area contributed by atoms with Crippen LogP contribution < -0.4 is 15.8 Å². The van der Waals surface area contributed by atoms with Gasteiger partial charge in [0.1, 0.15) is 5.75 Å². The SMILES string of the molecule is CCCN=C(N)NCCSCCOc1cccc(Br)c1.I. The molecular weight excluding hydrogens is 465 g/mol. The topological polar surface area (TPSA) is 59.6 Å². The predicted octanol–water partition coefficient (Wildman–Crippen LogP) is 3.49. The third-order valence-corrected chi connectivity index (χ3v) is 3.79. The molecule has 1 aromatic rings. The molecule has 21 heavy (non-hydrogen) atoms. The molecule has 0 bridgehead atoms. The Balaban J connectivity index is 0.00000400. The fourth-order valence-corrected chi connectivity index (χ4v) is 2.45. The van der Waals surface area contributed by atoms with Crippen molar-refractivity contribution in [3.8, 4) is 5.75 Å². The third-order valence-electron chi connectivity index (χ3n) is 2.35. The minimum atomic E-state index is 0. The van der Waals surface area contributed by atoms with Gasteiger partial charge >= 0.3 is 0 Å². The van der Waals surface area contributed by atoms with Gasteiger partial charge in [0.2, 0.25) is 0 Å². The van der Waals surface area contributed by atoms with E-state index in [1.807, 2.05) is 36.0 Å². The van der Waals surface area contributed by atoms with Gasteiger partial charge in [-0.05, 0) is 24.6 Å². The molecule has 0 amide bonds. The number of nitrogens with zero attached hydrogens (tertiary/aromatic N) is 1.